The third-order valence-corrected chi connectivity index (χ3v) is 11.0. The molecule has 2 saturated heterocycles. The van der Waals surface area contributed by atoms with E-state index in [0.29, 0.717) is 60.7 Å². The van der Waals surface area contributed by atoms with Crippen LogP contribution in [0.1, 0.15) is 122 Å². The Hall–Kier alpha value is -5.52. The summed E-state index contributed by atoms with van der Waals surface area (Å²) in [4.78, 5) is 32.7. The molecule has 0 radical (unpaired) electrons. The third-order valence-electron chi connectivity index (χ3n) is 11.0. The molecule has 0 bridgehead atoms. The number of hydrogen-bond acceptors (Lipinski definition) is 6. The lowest BCUT2D eigenvalue weighted by Gasteiger charge is -2.16. The standard InChI is InChI=1S/2C23H24F2N2O2/c2*1-23(24,25)16-7-5-15(6-8-16)19(13-17-9-12-21(28)26-17)20-11-10-18(14-3-4-14)22(27-20)29-2/h2*5-8,10-11,13-14,17H,3-4,9,12H2,1-2H3,(H,26,28)/b19-13+;19-13-/t2*17-/m11/s1. The number of carbonyl (C=O) groups excluding carboxylic acids is 2. The number of rotatable bonds is 12. The van der Waals surface area contributed by atoms with Crippen LogP contribution < -0.4 is 20.1 Å². The predicted octanol–water partition coefficient (Wildman–Crippen LogP) is 9.58. The van der Waals surface area contributed by atoms with Gasteiger partial charge in [0.1, 0.15) is 0 Å². The van der Waals surface area contributed by atoms with E-state index in [-0.39, 0.29) is 35.0 Å². The topological polar surface area (TPSA) is 102 Å². The molecule has 8 nitrogen and oxygen atoms in total. The summed E-state index contributed by atoms with van der Waals surface area (Å²) in [5.41, 5.74) is 6.66. The Morgan fingerprint density at radius 1 is 0.586 bits per heavy atom. The van der Waals surface area contributed by atoms with E-state index < -0.39 is 11.8 Å². The summed E-state index contributed by atoms with van der Waals surface area (Å²) in [7, 11) is 3.22. The van der Waals surface area contributed by atoms with E-state index in [1.807, 2.05) is 36.4 Å². The normalized spacial score (nSPS) is 19.9. The van der Waals surface area contributed by atoms with Gasteiger partial charge < -0.3 is 20.1 Å². The van der Waals surface area contributed by atoms with Crippen LogP contribution in [0.15, 0.2) is 84.9 Å². The third kappa shape index (κ3) is 9.77. The lowest BCUT2D eigenvalue weighted by molar-refractivity contribution is -0.120. The second kappa shape index (κ2) is 16.8. The van der Waals surface area contributed by atoms with E-state index in [1.165, 1.54) is 24.3 Å². The highest BCUT2D eigenvalue weighted by molar-refractivity contribution is 5.83. The molecule has 2 aliphatic carbocycles. The maximum Gasteiger partial charge on any atom is 0.270 e. The highest BCUT2D eigenvalue weighted by Gasteiger charge is 2.31. The summed E-state index contributed by atoms with van der Waals surface area (Å²) >= 11 is 0. The van der Waals surface area contributed by atoms with Crippen molar-refractivity contribution in [3.8, 4) is 11.8 Å². The van der Waals surface area contributed by atoms with Crippen molar-refractivity contribution in [3.05, 3.63) is 130 Å². The van der Waals surface area contributed by atoms with E-state index in [1.54, 1.807) is 38.5 Å². The number of nitrogens with zero attached hydrogens (tertiary/aromatic N) is 2. The van der Waals surface area contributed by atoms with Gasteiger partial charge in [-0.15, -0.1) is 0 Å². The van der Waals surface area contributed by atoms with Crippen molar-refractivity contribution in [2.75, 3.05) is 14.2 Å². The quantitative estimate of drug-likeness (QED) is 0.139. The maximum atomic E-state index is 13.6. The number of aromatic nitrogens is 2. The molecule has 2 aromatic carbocycles. The molecule has 2 aliphatic heterocycles. The first-order valence-corrected chi connectivity index (χ1v) is 19.8. The highest BCUT2D eigenvalue weighted by atomic mass is 19.3. The second-order valence-corrected chi connectivity index (χ2v) is 15.7. The first-order valence-electron chi connectivity index (χ1n) is 19.8. The minimum Gasteiger partial charge on any atom is -0.481 e. The largest absolute Gasteiger partial charge is 0.481 e. The van der Waals surface area contributed by atoms with E-state index in [9.17, 15) is 27.2 Å². The van der Waals surface area contributed by atoms with E-state index >= 15 is 0 Å². The molecule has 2 saturated carbocycles. The summed E-state index contributed by atoms with van der Waals surface area (Å²) in [6.07, 6.45) is 10.8. The van der Waals surface area contributed by atoms with Crippen molar-refractivity contribution in [1.82, 2.24) is 20.6 Å². The fourth-order valence-electron chi connectivity index (χ4n) is 7.41. The zero-order valence-corrected chi connectivity index (χ0v) is 33.1. The van der Waals surface area contributed by atoms with Crippen LogP contribution in [0.3, 0.4) is 0 Å². The number of hydrogen-bond donors (Lipinski definition) is 2. The molecule has 4 heterocycles. The minimum absolute atomic E-state index is 0.0150. The van der Waals surface area contributed by atoms with Crippen LogP contribution in [-0.4, -0.2) is 48.1 Å². The number of halogens is 4. The average molecular weight is 797 g/mol. The van der Waals surface area contributed by atoms with Gasteiger partial charge in [0.15, 0.2) is 0 Å². The Morgan fingerprint density at radius 3 is 1.22 bits per heavy atom. The molecule has 58 heavy (non-hydrogen) atoms. The summed E-state index contributed by atoms with van der Waals surface area (Å²) in [5, 5.41) is 5.87. The molecule has 2 atom stereocenters. The van der Waals surface area contributed by atoms with Gasteiger partial charge in [0.2, 0.25) is 23.6 Å². The fraction of sp³-hybridized carbons (Fsp3) is 0.391. The lowest BCUT2D eigenvalue weighted by Crippen LogP contribution is -2.23. The fourth-order valence-corrected chi connectivity index (χ4v) is 7.41. The summed E-state index contributed by atoms with van der Waals surface area (Å²) in [5.74, 6) is -3.56. The second-order valence-electron chi connectivity index (χ2n) is 15.7. The molecule has 2 amide bonds. The van der Waals surface area contributed by atoms with Gasteiger partial charge in [-0.05, 0) is 73.6 Å². The Kier molecular flexibility index (Phi) is 11.7. The van der Waals surface area contributed by atoms with Gasteiger partial charge in [0.05, 0.1) is 25.6 Å². The van der Waals surface area contributed by atoms with Crippen LogP contribution in [-0.2, 0) is 21.4 Å². The molecular weight excluding hydrogens is 749 g/mol. The number of nitrogens with one attached hydrogen (secondary N) is 2. The number of pyridine rings is 2. The molecule has 4 aromatic rings. The van der Waals surface area contributed by atoms with E-state index in [0.717, 1.165) is 72.9 Å². The van der Waals surface area contributed by atoms with Crippen molar-refractivity contribution in [2.24, 2.45) is 0 Å². The molecule has 0 unspecified atom stereocenters. The van der Waals surface area contributed by atoms with Gasteiger partial charge in [0, 0.05) is 72.2 Å². The van der Waals surface area contributed by atoms with Crippen LogP contribution in [0.2, 0.25) is 0 Å². The van der Waals surface area contributed by atoms with Crippen molar-refractivity contribution in [3.63, 3.8) is 0 Å². The predicted molar refractivity (Wildman–Crippen MR) is 214 cm³/mol. The maximum absolute atomic E-state index is 13.6. The van der Waals surface area contributed by atoms with Gasteiger partial charge in [-0.1, -0.05) is 72.8 Å². The number of amides is 2. The van der Waals surface area contributed by atoms with Crippen molar-refractivity contribution >= 4 is 23.0 Å². The minimum atomic E-state index is -2.89. The zero-order chi connectivity index (χ0) is 41.2. The SMILES string of the molecule is COc1nc(/C(=C/[C@H]2CCC(=O)N2)c2ccc(C(C)(F)F)cc2)ccc1C1CC1.COc1nc(/C(=C\[C@H]2CCC(=O)N2)c2ccc(C(C)(F)F)cc2)ccc1C1CC1. The molecule has 0 spiro atoms. The molecular formula is C46H48F4N4O4. The van der Waals surface area contributed by atoms with Gasteiger partial charge >= 0.3 is 0 Å². The smallest absolute Gasteiger partial charge is 0.270 e. The number of methoxy groups -OCH3 is 2. The molecule has 8 rings (SSSR count). The van der Waals surface area contributed by atoms with Crippen molar-refractivity contribution in [2.45, 2.75) is 101 Å². The Balaban J connectivity index is 0.000000177. The van der Waals surface area contributed by atoms with Crippen LogP contribution in [0.5, 0.6) is 11.8 Å². The van der Waals surface area contributed by atoms with Crippen molar-refractivity contribution in [1.29, 1.82) is 0 Å². The highest BCUT2D eigenvalue weighted by Crippen LogP contribution is 2.45. The molecule has 4 aliphatic rings. The first kappa shape index (κ1) is 40.7. The molecule has 4 fully saturated rings. The van der Waals surface area contributed by atoms with E-state index in [2.05, 4.69) is 10.6 Å². The van der Waals surface area contributed by atoms with Gasteiger partial charge in [-0.3, -0.25) is 9.59 Å². The van der Waals surface area contributed by atoms with Crippen LogP contribution in [0.25, 0.3) is 11.1 Å². The number of alkyl halides is 4. The monoisotopic (exact) mass is 796 g/mol. The molecule has 2 aromatic heterocycles. The van der Waals surface area contributed by atoms with Crippen LogP contribution in [0.4, 0.5) is 17.6 Å². The van der Waals surface area contributed by atoms with Crippen LogP contribution >= 0.6 is 0 Å². The van der Waals surface area contributed by atoms with Gasteiger partial charge in [-0.25, -0.2) is 27.5 Å². The number of ether oxygens (including phenoxy) is 2. The summed E-state index contributed by atoms with van der Waals surface area (Å²) in [6.45, 7) is 1.77. The Morgan fingerprint density at radius 2 is 0.948 bits per heavy atom. The average Bonchev–Trinajstić information content (AvgIpc) is 4.15. The summed E-state index contributed by atoms with van der Waals surface area (Å²) in [6, 6.07) is 20.2. The molecule has 304 valence electrons. The van der Waals surface area contributed by atoms with Crippen molar-refractivity contribution < 1.29 is 36.6 Å². The van der Waals surface area contributed by atoms with Crippen LogP contribution in [0, 0.1) is 0 Å². The number of benzene rings is 2. The Labute approximate surface area is 336 Å². The summed E-state index contributed by atoms with van der Waals surface area (Å²) < 4.78 is 65.5. The lowest BCUT2D eigenvalue weighted by atomic mass is 9.96. The van der Waals surface area contributed by atoms with Gasteiger partial charge in [-0.2, -0.15) is 0 Å². The van der Waals surface area contributed by atoms with E-state index in [4.69, 9.17) is 19.4 Å². The molecule has 2 N–H and O–H groups in total. The first-order chi connectivity index (χ1) is 27.7. The van der Waals surface area contributed by atoms with Gasteiger partial charge in [0.25, 0.3) is 11.8 Å². The molecule has 12 heteroatoms. The number of carbonyl (C=O) groups is 2. The zero-order valence-electron chi connectivity index (χ0n) is 33.1. The Bertz CT molecular complexity index is 2050.